The summed E-state index contributed by atoms with van der Waals surface area (Å²) in [6, 6.07) is 10.7. The molecule has 2 aromatic carbocycles. The lowest BCUT2D eigenvalue weighted by Gasteiger charge is -2.09. The summed E-state index contributed by atoms with van der Waals surface area (Å²) in [5.41, 5.74) is 0.451. The Hall–Kier alpha value is -2.38. The molecule has 0 fully saturated rings. The summed E-state index contributed by atoms with van der Waals surface area (Å²) < 4.78 is 16.3. The Labute approximate surface area is 153 Å². The monoisotopic (exact) mass is 408 g/mol. The first-order valence-electron chi connectivity index (χ1n) is 7.57. The van der Waals surface area contributed by atoms with Crippen molar-refractivity contribution in [3.63, 3.8) is 0 Å². The van der Waals surface area contributed by atoms with E-state index >= 15 is 0 Å². The molecule has 0 heterocycles. The Morgan fingerprint density at radius 3 is 2.32 bits per heavy atom. The van der Waals surface area contributed by atoms with Crippen molar-refractivity contribution in [3.05, 3.63) is 58.1 Å². The van der Waals surface area contributed by atoms with Crippen LogP contribution in [0.3, 0.4) is 0 Å². The fourth-order valence-electron chi connectivity index (χ4n) is 1.93. The van der Waals surface area contributed by atoms with E-state index < -0.39 is 11.9 Å². The van der Waals surface area contributed by atoms with E-state index in [9.17, 15) is 9.59 Å². The van der Waals surface area contributed by atoms with Gasteiger partial charge in [0, 0.05) is 6.61 Å². The Morgan fingerprint density at radius 2 is 1.72 bits per heavy atom. The maximum atomic E-state index is 12.2. The number of carboxylic acid groups (broad SMARTS) is 1. The number of esters is 1. The normalized spacial score (nSPS) is 10.3. The maximum Gasteiger partial charge on any atom is 0.343 e. The number of rotatable bonds is 8. The van der Waals surface area contributed by atoms with Crippen LogP contribution < -0.4 is 9.47 Å². The number of ether oxygens (including phenoxy) is 3. The first-order chi connectivity index (χ1) is 12.0. The molecule has 0 aliphatic rings. The standard InChI is InChI=1S/C18H17BrO6/c1-2-23-9-10-24-14-6-3-12(4-7-14)18(22)25-16-8-5-13(17(20)21)11-15(16)19/h3-8,11H,2,9-10H2,1H3,(H,20,21). The molecule has 2 rings (SSSR count). The van der Waals surface area contributed by atoms with Crippen molar-refractivity contribution in [2.75, 3.05) is 19.8 Å². The van der Waals surface area contributed by atoms with E-state index in [1.54, 1.807) is 24.3 Å². The van der Waals surface area contributed by atoms with Gasteiger partial charge in [-0.2, -0.15) is 0 Å². The molecule has 0 saturated carbocycles. The van der Waals surface area contributed by atoms with E-state index in [-0.39, 0.29) is 11.3 Å². The average molecular weight is 409 g/mol. The van der Waals surface area contributed by atoms with Gasteiger partial charge >= 0.3 is 11.9 Å². The van der Waals surface area contributed by atoms with Crippen LogP contribution in [0.4, 0.5) is 0 Å². The smallest absolute Gasteiger partial charge is 0.343 e. The minimum atomic E-state index is -1.06. The van der Waals surface area contributed by atoms with Gasteiger partial charge in [-0.3, -0.25) is 0 Å². The fraction of sp³-hybridized carbons (Fsp3) is 0.222. The molecule has 6 nitrogen and oxygen atoms in total. The van der Waals surface area contributed by atoms with Gasteiger partial charge in [0.25, 0.3) is 0 Å². The summed E-state index contributed by atoms with van der Waals surface area (Å²) in [7, 11) is 0. The molecule has 0 spiro atoms. The molecule has 0 bridgehead atoms. The second kappa shape index (κ2) is 9.19. The SMILES string of the molecule is CCOCCOc1ccc(C(=O)Oc2ccc(C(=O)O)cc2Br)cc1. The van der Waals surface area contributed by atoms with Gasteiger partial charge in [0.15, 0.2) is 0 Å². The third-order valence-corrected chi connectivity index (χ3v) is 3.79. The van der Waals surface area contributed by atoms with E-state index in [0.717, 1.165) is 0 Å². The van der Waals surface area contributed by atoms with E-state index in [2.05, 4.69) is 15.9 Å². The Kier molecular flexibility index (Phi) is 6.97. The predicted molar refractivity (Wildman–Crippen MR) is 94.5 cm³/mol. The third kappa shape index (κ3) is 5.58. The lowest BCUT2D eigenvalue weighted by molar-refractivity contribution is 0.0696. The number of benzene rings is 2. The minimum absolute atomic E-state index is 0.0974. The molecule has 0 aliphatic heterocycles. The lowest BCUT2D eigenvalue weighted by atomic mass is 10.2. The predicted octanol–water partition coefficient (Wildman–Crippen LogP) is 3.78. The topological polar surface area (TPSA) is 82.1 Å². The van der Waals surface area contributed by atoms with Crippen molar-refractivity contribution in [1.29, 1.82) is 0 Å². The van der Waals surface area contributed by atoms with Crippen LogP contribution in [0.2, 0.25) is 0 Å². The van der Waals surface area contributed by atoms with Gasteiger partial charge in [0.2, 0.25) is 0 Å². The zero-order chi connectivity index (χ0) is 18.2. The number of carboxylic acids is 1. The van der Waals surface area contributed by atoms with Crippen LogP contribution in [0.1, 0.15) is 27.6 Å². The van der Waals surface area contributed by atoms with Crippen molar-refractivity contribution >= 4 is 27.9 Å². The molecule has 7 heteroatoms. The first kappa shape index (κ1) is 19.0. The summed E-state index contributed by atoms with van der Waals surface area (Å²) in [5.74, 6) is -0.738. The Morgan fingerprint density at radius 1 is 1.04 bits per heavy atom. The lowest BCUT2D eigenvalue weighted by Crippen LogP contribution is -2.10. The summed E-state index contributed by atoms with van der Waals surface area (Å²) in [6.45, 7) is 3.48. The minimum Gasteiger partial charge on any atom is -0.491 e. The number of carbonyl (C=O) groups excluding carboxylic acids is 1. The molecular weight excluding hydrogens is 392 g/mol. The summed E-state index contributed by atoms with van der Waals surface area (Å²) in [5, 5.41) is 8.93. The van der Waals surface area contributed by atoms with E-state index in [0.29, 0.717) is 35.6 Å². The molecule has 25 heavy (non-hydrogen) atoms. The number of aromatic carboxylic acids is 1. The molecule has 0 radical (unpaired) electrons. The molecule has 1 N–H and O–H groups in total. The zero-order valence-corrected chi connectivity index (χ0v) is 15.1. The average Bonchev–Trinajstić information content (AvgIpc) is 2.60. The molecule has 0 unspecified atom stereocenters. The second-order valence-electron chi connectivity index (χ2n) is 4.91. The highest BCUT2D eigenvalue weighted by molar-refractivity contribution is 9.10. The molecule has 0 atom stereocenters. The summed E-state index contributed by atoms with van der Waals surface area (Å²) >= 11 is 3.20. The number of hydrogen-bond donors (Lipinski definition) is 1. The summed E-state index contributed by atoms with van der Waals surface area (Å²) in [6.07, 6.45) is 0. The number of carbonyl (C=O) groups is 2. The first-order valence-corrected chi connectivity index (χ1v) is 8.36. The highest BCUT2D eigenvalue weighted by Gasteiger charge is 2.13. The van der Waals surface area contributed by atoms with Crippen LogP contribution in [-0.4, -0.2) is 36.9 Å². The molecule has 0 aromatic heterocycles. The zero-order valence-electron chi connectivity index (χ0n) is 13.5. The van der Waals surface area contributed by atoms with E-state index in [1.165, 1.54) is 18.2 Å². The van der Waals surface area contributed by atoms with Gasteiger partial charge in [-0.05, 0) is 65.3 Å². The molecule has 0 aliphatic carbocycles. The van der Waals surface area contributed by atoms with Crippen molar-refractivity contribution in [2.24, 2.45) is 0 Å². The highest BCUT2D eigenvalue weighted by Crippen LogP contribution is 2.27. The summed E-state index contributed by atoms with van der Waals surface area (Å²) in [4.78, 5) is 23.1. The van der Waals surface area contributed by atoms with Gasteiger partial charge in [0.05, 0.1) is 22.2 Å². The van der Waals surface area contributed by atoms with Gasteiger partial charge in [0.1, 0.15) is 18.1 Å². The molecule has 0 amide bonds. The van der Waals surface area contributed by atoms with E-state index in [1.807, 2.05) is 6.92 Å². The van der Waals surface area contributed by atoms with Gasteiger partial charge in [-0.15, -0.1) is 0 Å². The fourth-order valence-corrected chi connectivity index (χ4v) is 2.39. The van der Waals surface area contributed by atoms with Gasteiger partial charge in [-0.25, -0.2) is 9.59 Å². The number of hydrogen-bond acceptors (Lipinski definition) is 5. The van der Waals surface area contributed by atoms with Gasteiger partial charge < -0.3 is 19.3 Å². The van der Waals surface area contributed by atoms with Crippen molar-refractivity contribution in [3.8, 4) is 11.5 Å². The molecule has 132 valence electrons. The van der Waals surface area contributed by atoms with Crippen LogP contribution in [0.15, 0.2) is 46.9 Å². The van der Waals surface area contributed by atoms with Crippen molar-refractivity contribution in [2.45, 2.75) is 6.92 Å². The quantitative estimate of drug-likeness (QED) is 0.406. The van der Waals surface area contributed by atoms with E-state index in [4.69, 9.17) is 19.3 Å². The van der Waals surface area contributed by atoms with Gasteiger partial charge in [-0.1, -0.05) is 0 Å². The number of halogens is 1. The van der Waals surface area contributed by atoms with Crippen LogP contribution in [0.25, 0.3) is 0 Å². The molecule has 0 saturated heterocycles. The van der Waals surface area contributed by atoms with Crippen LogP contribution in [0.5, 0.6) is 11.5 Å². The molecule has 2 aromatic rings. The Balaban J connectivity index is 1.98. The highest BCUT2D eigenvalue weighted by atomic mass is 79.9. The van der Waals surface area contributed by atoms with Crippen LogP contribution >= 0.6 is 15.9 Å². The van der Waals surface area contributed by atoms with Crippen molar-refractivity contribution < 1.29 is 28.9 Å². The van der Waals surface area contributed by atoms with Crippen molar-refractivity contribution in [1.82, 2.24) is 0 Å². The molecular formula is C18H17BrO6. The third-order valence-electron chi connectivity index (χ3n) is 3.17. The van der Waals surface area contributed by atoms with Crippen LogP contribution in [-0.2, 0) is 4.74 Å². The Bertz CT molecular complexity index is 742. The maximum absolute atomic E-state index is 12.2. The second-order valence-corrected chi connectivity index (χ2v) is 5.76. The van der Waals surface area contributed by atoms with Crippen LogP contribution in [0, 0.1) is 0 Å². The largest absolute Gasteiger partial charge is 0.491 e.